The van der Waals surface area contributed by atoms with E-state index < -0.39 is 6.10 Å². The minimum absolute atomic E-state index is 0.129. The van der Waals surface area contributed by atoms with Crippen molar-refractivity contribution in [2.75, 3.05) is 5.32 Å². The van der Waals surface area contributed by atoms with Gasteiger partial charge in [-0.3, -0.25) is 14.9 Å². The lowest BCUT2D eigenvalue weighted by molar-refractivity contribution is -0.122. The maximum atomic E-state index is 12.0. The highest BCUT2D eigenvalue weighted by atomic mass is 32.1. The van der Waals surface area contributed by atoms with Crippen molar-refractivity contribution < 1.29 is 14.3 Å². The first kappa shape index (κ1) is 15.2. The molecule has 0 saturated carbocycles. The van der Waals surface area contributed by atoms with Crippen molar-refractivity contribution in [3.05, 3.63) is 40.9 Å². The van der Waals surface area contributed by atoms with E-state index in [0.717, 1.165) is 5.56 Å². The first-order valence-corrected chi connectivity index (χ1v) is 7.34. The molecule has 1 aromatic carbocycles. The van der Waals surface area contributed by atoms with Crippen LogP contribution in [0.15, 0.2) is 29.6 Å². The first-order chi connectivity index (χ1) is 9.95. The van der Waals surface area contributed by atoms with Crippen LogP contribution in [0, 0.1) is 6.92 Å². The Hall–Kier alpha value is -2.21. The Morgan fingerprint density at radius 3 is 2.52 bits per heavy atom. The van der Waals surface area contributed by atoms with Crippen LogP contribution in [0.1, 0.15) is 29.9 Å². The van der Waals surface area contributed by atoms with Gasteiger partial charge in [0.05, 0.1) is 0 Å². The molecule has 0 bridgehead atoms. The van der Waals surface area contributed by atoms with Crippen LogP contribution in [0.2, 0.25) is 0 Å². The predicted molar refractivity (Wildman–Crippen MR) is 82.0 cm³/mol. The van der Waals surface area contributed by atoms with Gasteiger partial charge in [0.25, 0.3) is 5.91 Å². The van der Waals surface area contributed by atoms with Gasteiger partial charge < -0.3 is 4.74 Å². The van der Waals surface area contributed by atoms with Crippen molar-refractivity contribution in [3.63, 3.8) is 0 Å². The van der Waals surface area contributed by atoms with Gasteiger partial charge in [0.15, 0.2) is 17.0 Å². The van der Waals surface area contributed by atoms with Crippen LogP contribution in [0.3, 0.4) is 0 Å². The Balaban J connectivity index is 1.95. The average Bonchev–Trinajstić information content (AvgIpc) is 2.90. The van der Waals surface area contributed by atoms with Gasteiger partial charge >= 0.3 is 0 Å². The fourth-order valence-corrected chi connectivity index (χ4v) is 2.33. The first-order valence-electron chi connectivity index (χ1n) is 6.46. The van der Waals surface area contributed by atoms with Gasteiger partial charge in [-0.05, 0) is 26.0 Å². The molecule has 1 heterocycles. The maximum absolute atomic E-state index is 12.0. The van der Waals surface area contributed by atoms with Crippen molar-refractivity contribution in [2.45, 2.75) is 26.9 Å². The van der Waals surface area contributed by atoms with Crippen LogP contribution in [0.4, 0.5) is 5.13 Å². The Bertz CT molecular complexity index is 649. The molecule has 1 N–H and O–H groups in total. The van der Waals surface area contributed by atoms with Crippen molar-refractivity contribution in [1.82, 2.24) is 4.98 Å². The molecule has 0 radical (unpaired) electrons. The van der Waals surface area contributed by atoms with Crippen molar-refractivity contribution in [3.8, 4) is 5.75 Å². The molecular weight excluding hydrogens is 288 g/mol. The normalized spacial score (nSPS) is 11.8. The van der Waals surface area contributed by atoms with E-state index in [2.05, 4.69) is 10.3 Å². The summed E-state index contributed by atoms with van der Waals surface area (Å²) in [6, 6.07) is 7.46. The third-order valence-corrected chi connectivity index (χ3v) is 3.56. The van der Waals surface area contributed by atoms with E-state index in [9.17, 15) is 9.59 Å². The Morgan fingerprint density at radius 1 is 1.29 bits per heavy atom. The topological polar surface area (TPSA) is 68.3 Å². The number of aromatic nitrogens is 1. The van der Waals surface area contributed by atoms with Crippen LogP contribution >= 0.6 is 11.3 Å². The Labute approximate surface area is 127 Å². The molecule has 5 nitrogen and oxygen atoms in total. The number of thiazole rings is 1. The second kappa shape index (κ2) is 6.49. The number of benzene rings is 1. The molecule has 1 atom stereocenters. The SMILES string of the molecule is CC(=O)c1csc(NC(=O)C(C)Oc2ccc(C)cc2)n1. The molecule has 1 aromatic heterocycles. The fourth-order valence-electron chi connectivity index (χ4n) is 1.57. The van der Waals surface area contributed by atoms with Crippen LogP contribution in [-0.2, 0) is 4.79 Å². The molecule has 0 fully saturated rings. The molecule has 0 aliphatic rings. The second-order valence-electron chi connectivity index (χ2n) is 4.66. The predicted octanol–water partition coefficient (Wildman–Crippen LogP) is 3.06. The molecule has 0 aliphatic carbocycles. The number of hydrogen-bond acceptors (Lipinski definition) is 5. The largest absolute Gasteiger partial charge is 0.481 e. The van der Waals surface area contributed by atoms with Gasteiger partial charge in [-0.2, -0.15) is 0 Å². The number of ketones is 1. The lowest BCUT2D eigenvalue weighted by atomic mass is 10.2. The second-order valence-corrected chi connectivity index (χ2v) is 5.51. The lowest BCUT2D eigenvalue weighted by Crippen LogP contribution is -2.30. The van der Waals surface area contributed by atoms with Gasteiger partial charge in [0.2, 0.25) is 0 Å². The summed E-state index contributed by atoms with van der Waals surface area (Å²) >= 11 is 1.21. The summed E-state index contributed by atoms with van der Waals surface area (Å²) in [4.78, 5) is 27.2. The molecule has 1 amide bonds. The summed E-state index contributed by atoms with van der Waals surface area (Å²) < 4.78 is 5.56. The van der Waals surface area contributed by atoms with E-state index >= 15 is 0 Å². The molecule has 21 heavy (non-hydrogen) atoms. The summed E-state index contributed by atoms with van der Waals surface area (Å²) in [6.07, 6.45) is -0.655. The molecule has 0 spiro atoms. The van der Waals surface area contributed by atoms with Crippen molar-refractivity contribution in [2.24, 2.45) is 0 Å². The van der Waals surface area contributed by atoms with E-state index in [1.165, 1.54) is 18.3 Å². The molecule has 0 aliphatic heterocycles. The maximum Gasteiger partial charge on any atom is 0.266 e. The van der Waals surface area contributed by atoms with E-state index in [0.29, 0.717) is 16.6 Å². The van der Waals surface area contributed by atoms with Crippen LogP contribution in [0.5, 0.6) is 5.75 Å². The highest BCUT2D eigenvalue weighted by Crippen LogP contribution is 2.17. The summed E-state index contributed by atoms with van der Waals surface area (Å²) in [6.45, 7) is 5.08. The smallest absolute Gasteiger partial charge is 0.266 e. The lowest BCUT2D eigenvalue weighted by Gasteiger charge is -2.13. The van der Waals surface area contributed by atoms with Gasteiger partial charge in [-0.15, -0.1) is 11.3 Å². The number of rotatable bonds is 5. The molecule has 2 rings (SSSR count). The zero-order valence-electron chi connectivity index (χ0n) is 12.0. The number of ether oxygens (including phenoxy) is 1. The number of anilines is 1. The van der Waals surface area contributed by atoms with Gasteiger partial charge in [-0.25, -0.2) is 4.98 Å². The van der Waals surface area contributed by atoms with E-state index in [1.54, 1.807) is 12.3 Å². The third-order valence-electron chi connectivity index (χ3n) is 2.80. The van der Waals surface area contributed by atoms with Gasteiger partial charge in [0, 0.05) is 12.3 Å². The van der Waals surface area contributed by atoms with Crippen LogP contribution in [-0.4, -0.2) is 22.8 Å². The molecule has 6 heteroatoms. The van der Waals surface area contributed by atoms with Gasteiger partial charge in [-0.1, -0.05) is 17.7 Å². The van der Waals surface area contributed by atoms with Crippen molar-refractivity contribution >= 4 is 28.2 Å². The summed E-state index contributed by atoms with van der Waals surface area (Å²) in [5.74, 6) is 0.197. The summed E-state index contributed by atoms with van der Waals surface area (Å²) in [5.41, 5.74) is 1.47. The zero-order valence-corrected chi connectivity index (χ0v) is 12.9. The number of amides is 1. The number of carbonyl (C=O) groups is 2. The number of nitrogens with zero attached hydrogens (tertiary/aromatic N) is 1. The molecule has 2 aromatic rings. The number of hydrogen-bond donors (Lipinski definition) is 1. The molecule has 0 saturated heterocycles. The van der Waals surface area contributed by atoms with E-state index in [1.807, 2.05) is 31.2 Å². The highest BCUT2D eigenvalue weighted by molar-refractivity contribution is 7.14. The standard InChI is InChI=1S/C15H16N2O3S/c1-9-4-6-12(7-5-9)20-11(3)14(19)17-15-16-13(8-21-15)10(2)18/h4-8,11H,1-3H3,(H,16,17,19). The Kier molecular flexibility index (Phi) is 4.70. The monoisotopic (exact) mass is 304 g/mol. The van der Waals surface area contributed by atoms with Gasteiger partial charge in [0.1, 0.15) is 11.4 Å². The minimum Gasteiger partial charge on any atom is -0.481 e. The zero-order chi connectivity index (χ0) is 15.4. The quantitative estimate of drug-likeness (QED) is 0.862. The minimum atomic E-state index is -0.655. The van der Waals surface area contributed by atoms with E-state index in [4.69, 9.17) is 4.74 Å². The van der Waals surface area contributed by atoms with Crippen LogP contribution < -0.4 is 10.1 Å². The Morgan fingerprint density at radius 2 is 1.95 bits per heavy atom. The molecular formula is C15H16N2O3S. The number of Topliss-reactive ketones (excluding diaryl/α,β-unsaturated/α-hetero) is 1. The van der Waals surface area contributed by atoms with Crippen molar-refractivity contribution in [1.29, 1.82) is 0 Å². The number of carbonyl (C=O) groups excluding carboxylic acids is 2. The van der Waals surface area contributed by atoms with Crippen LogP contribution in [0.25, 0.3) is 0 Å². The third kappa shape index (κ3) is 4.13. The summed E-state index contributed by atoms with van der Waals surface area (Å²) in [7, 11) is 0. The summed E-state index contributed by atoms with van der Waals surface area (Å²) in [5, 5.41) is 4.65. The molecule has 110 valence electrons. The molecule has 1 unspecified atom stereocenters. The number of aryl methyl sites for hydroxylation is 1. The highest BCUT2D eigenvalue weighted by Gasteiger charge is 2.17. The average molecular weight is 304 g/mol. The fraction of sp³-hybridized carbons (Fsp3) is 0.267. The van der Waals surface area contributed by atoms with E-state index in [-0.39, 0.29) is 11.7 Å². The number of nitrogens with one attached hydrogen (secondary N) is 1.